The van der Waals surface area contributed by atoms with Crippen molar-refractivity contribution in [2.75, 3.05) is 33.0 Å². The maximum Gasteiger partial charge on any atom is 0.107 e. The number of rotatable bonds is 38. The average Bonchev–Trinajstić information content (AvgIpc) is 3.02. The molecule has 1 unspecified atom stereocenters. The number of unbranched alkanes of at least 4 members (excludes halogenated alkanes) is 28. The molecule has 43 heavy (non-hydrogen) atoms. The van der Waals surface area contributed by atoms with Gasteiger partial charge in [0.2, 0.25) is 0 Å². The van der Waals surface area contributed by atoms with Gasteiger partial charge in [0.05, 0.1) is 13.2 Å². The van der Waals surface area contributed by atoms with E-state index in [2.05, 4.69) is 19.8 Å². The van der Waals surface area contributed by atoms with E-state index in [1.165, 1.54) is 180 Å². The van der Waals surface area contributed by atoms with Crippen molar-refractivity contribution in [1.29, 1.82) is 0 Å². The summed E-state index contributed by atoms with van der Waals surface area (Å²) in [7, 11) is 0. The maximum atomic E-state index is 6.11. The summed E-state index contributed by atoms with van der Waals surface area (Å²) in [6.07, 6.45) is 46.9. The van der Waals surface area contributed by atoms with Crippen LogP contribution in [0.15, 0.2) is 0 Å². The van der Waals surface area contributed by atoms with Crippen LogP contribution in [0.1, 0.15) is 206 Å². The third kappa shape index (κ3) is 37.5. The molecule has 0 bridgehead atoms. The summed E-state index contributed by atoms with van der Waals surface area (Å²) in [6.45, 7) is 7.70. The van der Waals surface area contributed by atoms with Crippen molar-refractivity contribution in [3.05, 3.63) is 0 Å². The Bertz CT molecular complexity index is 528. The minimum Gasteiger partial charge on any atom is -0.379 e. The minimum absolute atomic E-state index is 0.00339. The van der Waals surface area contributed by atoms with Crippen LogP contribution in [0.4, 0.5) is 0 Å². The summed E-state index contributed by atoms with van der Waals surface area (Å²) in [5.74, 6) is 2.55. The molecule has 0 fully saturated rings. The number of hydrogen-bond acceptors (Lipinski definition) is 3. The van der Waals surface area contributed by atoms with Crippen LogP contribution < -0.4 is 0 Å². The van der Waals surface area contributed by atoms with Crippen molar-refractivity contribution in [2.24, 2.45) is 0 Å². The lowest BCUT2D eigenvalue weighted by atomic mass is 10.0. The van der Waals surface area contributed by atoms with Gasteiger partial charge in [-0.15, -0.1) is 6.42 Å². The van der Waals surface area contributed by atoms with Gasteiger partial charge < -0.3 is 14.2 Å². The van der Waals surface area contributed by atoms with Crippen LogP contribution >= 0.6 is 0 Å². The highest BCUT2D eigenvalue weighted by Crippen LogP contribution is 2.15. The lowest BCUT2D eigenvalue weighted by Crippen LogP contribution is -2.26. The summed E-state index contributed by atoms with van der Waals surface area (Å²) < 4.78 is 17.6. The highest BCUT2D eigenvalue weighted by atomic mass is 16.6. The summed E-state index contributed by atoms with van der Waals surface area (Å²) in [5.41, 5.74) is 0. The van der Waals surface area contributed by atoms with Gasteiger partial charge in [-0.3, -0.25) is 0 Å². The Balaban J connectivity index is 3.52. The fraction of sp³-hybridized carbons (Fsp3) is 0.950. The zero-order chi connectivity index (χ0) is 31.2. The average molecular weight is 607 g/mol. The minimum atomic E-state index is -0.00339. The number of ether oxygens (including phenoxy) is 3. The largest absolute Gasteiger partial charge is 0.379 e. The quantitative estimate of drug-likeness (QED) is 0.0517. The Morgan fingerprint density at radius 1 is 0.395 bits per heavy atom. The van der Waals surface area contributed by atoms with Crippen LogP contribution in [-0.2, 0) is 14.2 Å². The Morgan fingerprint density at radius 3 is 1.05 bits per heavy atom. The van der Waals surface area contributed by atoms with Gasteiger partial charge in [-0.25, -0.2) is 0 Å². The molecule has 0 aromatic heterocycles. The fourth-order valence-electron chi connectivity index (χ4n) is 5.91. The predicted octanol–water partition coefficient (Wildman–Crippen LogP) is 12.8. The second-order valence-electron chi connectivity index (χ2n) is 13.2. The lowest BCUT2D eigenvalue weighted by molar-refractivity contribution is -0.0567. The molecule has 3 nitrogen and oxygen atoms in total. The molecular formula is C40H78O3. The third-order valence-corrected chi connectivity index (χ3v) is 8.79. The van der Waals surface area contributed by atoms with Crippen molar-refractivity contribution in [2.45, 2.75) is 213 Å². The van der Waals surface area contributed by atoms with Gasteiger partial charge in [-0.1, -0.05) is 200 Å². The molecule has 256 valence electrons. The third-order valence-electron chi connectivity index (χ3n) is 8.79. The Hall–Kier alpha value is -0.560. The van der Waals surface area contributed by atoms with E-state index in [9.17, 15) is 0 Å². The topological polar surface area (TPSA) is 27.7 Å². The molecule has 0 spiro atoms. The van der Waals surface area contributed by atoms with Gasteiger partial charge in [0, 0.05) is 13.2 Å². The van der Waals surface area contributed by atoms with E-state index in [0.29, 0.717) is 19.8 Å². The van der Waals surface area contributed by atoms with Crippen LogP contribution in [0.2, 0.25) is 0 Å². The summed E-state index contributed by atoms with van der Waals surface area (Å²) in [4.78, 5) is 0. The smallest absolute Gasteiger partial charge is 0.107 e. The molecule has 0 amide bonds. The maximum absolute atomic E-state index is 6.11. The zero-order valence-corrected chi connectivity index (χ0v) is 29.6. The van der Waals surface area contributed by atoms with E-state index in [4.69, 9.17) is 20.6 Å². The van der Waals surface area contributed by atoms with E-state index in [1.807, 2.05) is 0 Å². The number of terminal acetylenes is 1. The van der Waals surface area contributed by atoms with Gasteiger partial charge in [-0.2, -0.15) is 0 Å². The second-order valence-corrected chi connectivity index (χ2v) is 13.2. The summed E-state index contributed by atoms with van der Waals surface area (Å²) in [5, 5.41) is 0. The molecular weight excluding hydrogens is 528 g/mol. The first-order chi connectivity index (χ1) is 21.3. The molecule has 0 rings (SSSR count). The fourth-order valence-corrected chi connectivity index (χ4v) is 5.91. The first-order valence-corrected chi connectivity index (χ1v) is 19.6. The van der Waals surface area contributed by atoms with Crippen LogP contribution in [0.3, 0.4) is 0 Å². The van der Waals surface area contributed by atoms with Crippen molar-refractivity contribution < 1.29 is 14.2 Å². The van der Waals surface area contributed by atoms with Gasteiger partial charge in [-0.05, 0) is 12.8 Å². The zero-order valence-electron chi connectivity index (χ0n) is 29.6. The normalized spacial score (nSPS) is 12.1. The molecule has 0 aromatic rings. The van der Waals surface area contributed by atoms with Gasteiger partial charge in [0.25, 0.3) is 0 Å². The van der Waals surface area contributed by atoms with Crippen molar-refractivity contribution in [3.8, 4) is 12.3 Å². The van der Waals surface area contributed by atoms with Crippen LogP contribution in [0, 0.1) is 12.3 Å². The van der Waals surface area contributed by atoms with Crippen molar-refractivity contribution in [1.82, 2.24) is 0 Å². The van der Waals surface area contributed by atoms with E-state index >= 15 is 0 Å². The standard InChI is InChI=1S/C40H78O3/c1-4-7-9-11-13-15-17-19-21-23-25-27-29-31-33-36-42-39-40(38-41-35-6-3)43-37-34-32-30-28-26-24-22-20-18-16-14-12-10-8-5-2/h3,40H,4-5,7-39H2,1-2H3. The first-order valence-electron chi connectivity index (χ1n) is 19.6. The molecule has 3 heteroatoms. The second kappa shape index (κ2) is 39.5. The first kappa shape index (κ1) is 42.4. The molecule has 0 aromatic carbocycles. The Kier molecular flexibility index (Phi) is 39.0. The molecule has 1 atom stereocenters. The molecule has 0 saturated carbocycles. The van der Waals surface area contributed by atoms with E-state index < -0.39 is 0 Å². The number of hydrogen-bond donors (Lipinski definition) is 0. The molecule has 0 aliphatic heterocycles. The molecule has 0 saturated heterocycles. The van der Waals surface area contributed by atoms with Gasteiger partial charge >= 0.3 is 0 Å². The van der Waals surface area contributed by atoms with E-state index in [-0.39, 0.29) is 6.10 Å². The van der Waals surface area contributed by atoms with Crippen LogP contribution in [-0.4, -0.2) is 39.1 Å². The highest BCUT2D eigenvalue weighted by Gasteiger charge is 2.10. The van der Waals surface area contributed by atoms with Crippen molar-refractivity contribution >= 4 is 0 Å². The van der Waals surface area contributed by atoms with Crippen LogP contribution in [0.25, 0.3) is 0 Å². The van der Waals surface area contributed by atoms with E-state index in [0.717, 1.165) is 26.1 Å². The molecule has 0 heterocycles. The molecule has 0 N–H and O–H groups in total. The lowest BCUT2D eigenvalue weighted by Gasteiger charge is -2.18. The van der Waals surface area contributed by atoms with Gasteiger partial charge in [0.15, 0.2) is 0 Å². The highest BCUT2D eigenvalue weighted by molar-refractivity contribution is 4.83. The van der Waals surface area contributed by atoms with Crippen LogP contribution in [0.5, 0.6) is 0 Å². The van der Waals surface area contributed by atoms with E-state index in [1.54, 1.807) is 0 Å². The Labute approximate surface area is 271 Å². The van der Waals surface area contributed by atoms with Gasteiger partial charge in [0.1, 0.15) is 12.7 Å². The SMILES string of the molecule is C#CCOCC(COCCCCCCCCCCCCCCCCC)OCCCCCCCCCCCCCCCCC. The molecule has 0 aliphatic carbocycles. The van der Waals surface area contributed by atoms with Crippen molar-refractivity contribution in [3.63, 3.8) is 0 Å². The molecule has 0 aliphatic rings. The molecule has 0 radical (unpaired) electrons. The summed E-state index contributed by atoms with van der Waals surface area (Å²) >= 11 is 0. The monoisotopic (exact) mass is 607 g/mol. The predicted molar refractivity (Wildman–Crippen MR) is 190 cm³/mol. The summed E-state index contributed by atoms with van der Waals surface area (Å²) in [6, 6.07) is 0. The Morgan fingerprint density at radius 2 is 0.698 bits per heavy atom.